The fourth-order valence-corrected chi connectivity index (χ4v) is 4.42. The Morgan fingerprint density at radius 3 is 2.58 bits per heavy atom. The second kappa shape index (κ2) is 11.3. The zero-order valence-corrected chi connectivity index (χ0v) is 19.8. The van der Waals surface area contributed by atoms with Crippen LogP contribution in [0.4, 0.5) is 0 Å². The van der Waals surface area contributed by atoms with Crippen LogP contribution in [0.25, 0.3) is 16.9 Å². The van der Waals surface area contributed by atoms with Crippen molar-refractivity contribution in [3.05, 3.63) is 60.3 Å². The molecule has 2 heterocycles. The molecule has 1 saturated heterocycles. The smallest absolute Gasteiger partial charge is 0.161 e. The summed E-state index contributed by atoms with van der Waals surface area (Å²) in [6.07, 6.45) is 6.57. The molecular formula is C27H36N4O2. The van der Waals surface area contributed by atoms with Crippen LogP contribution in [0.2, 0.25) is 0 Å². The van der Waals surface area contributed by atoms with Gasteiger partial charge in [0, 0.05) is 29.9 Å². The van der Waals surface area contributed by atoms with Crippen molar-refractivity contribution in [1.29, 1.82) is 0 Å². The van der Waals surface area contributed by atoms with E-state index in [0.717, 1.165) is 48.6 Å². The second-order valence-corrected chi connectivity index (χ2v) is 8.81. The highest BCUT2D eigenvalue weighted by Crippen LogP contribution is 2.33. The molecule has 0 atom stereocenters. The van der Waals surface area contributed by atoms with E-state index in [1.54, 1.807) is 6.07 Å². The quantitative estimate of drug-likeness (QED) is 0.457. The van der Waals surface area contributed by atoms with Crippen molar-refractivity contribution < 1.29 is 9.84 Å². The maximum Gasteiger partial charge on any atom is 0.161 e. The lowest BCUT2D eigenvalue weighted by Crippen LogP contribution is -2.42. The number of piperidine rings is 1. The number of hydrogen-bond acceptors (Lipinski definition) is 5. The van der Waals surface area contributed by atoms with Crippen LogP contribution in [0.1, 0.15) is 45.1 Å². The van der Waals surface area contributed by atoms with Gasteiger partial charge in [-0.05, 0) is 75.6 Å². The van der Waals surface area contributed by atoms with Crippen LogP contribution >= 0.6 is 0 Å². The Morgan fingerprint density at radius 2 is 1.85 bits per heavy atom. The number of aromatic nitrogens is 2. The monoisotopic (exact) mass is 448 g/mol. The molecule has 1 aromatic heterocycles. The van der Waals surface area contributed by atoms with Crippen molar-refractivity contribution in [3.63, 3.8) is 0 Å². The topological polar surface area (TPSA) is 62.5 Å². The molecule has 0 saturated carbocycles. The van der Waals surface area contributed by atoms with Crippen LogP contribution in [0.5, 0.6) is 11.5 Å². The molecule has 4 rings (SSSR count). The molecule has 2 N–H and O–H groups in total. The minimum atomic E-state index is 0.160. The standard InChI is InChI=1S/C27H36N4O2/c1-3-14-30-15-12-23(13-16-30)28-19-22-20-31(24-8-6-5-7-9-24)29-27(22)21-10-11-25(32)26(18-21)33-17-4-2/h5-11,18,20,23,28,32H,3-4,12-17,19H2,1-2H3. The van der Waals surface area contributed by atoms with Gasteiger partial charge in [-0.2, -0.15) is 5.10 Å². The minimum absolute atomic E-state index is 0.160. The van der Waals surface area contributed by atoms with Gasteiger partial charge in [-0.3, -0.25) is 0 Å². The van der Waals surface area contributed by atoms with E-state index in [1.165, 1.54) is 25.8 Å². The highest BCUT2D eigenvalue weighted by atomic mass is 16.5. The van der Waals surface area contributed by atoms with E-state index in [1.807, 2.05) is 35.0 Å². The Hall–Kier alpha value is -2.83. The van der Waals surface area contributed by atoms with E-state index in [9.17, 15) is 5.11 Å². The Kier molecular flexibility index (Phi) is 8.02. The molecule has 0 radical (unpaired) electrons. The van der Waals surface area contributed by atoms with Crippen LogP contribution in [-0.2, 0) is 6.54 Å². The van der Waals surface area contributed by atoms with Crippen LogP contribution in [-0.4, -0.2) is 52.1 Å². The Balaban J connectivity index is 1.56. The maximum atomic E-state index is 10.2. The zero-order chi connectivity index (χ0) is 23.0. The van der Waals surface area contributed by atoms with Gasteiger partial charge in [0.1, 0.15) is 0 Å². The number of likely N-dealkylation sites (tertiary alicyclic amines) is 1. The highest BCUT2D eigenvalue weighted by molar-refractivity contribution is 5.67. The van der Waals surface area contributed by atoms with Crippen molar-refractivity contribution in [2.75, 3.05) is 26.2 Å². The predicted octanol–water partition coefficient (Wildman–Crippen LogP) is 5.00. The molecule has 0 unspecified atom stereocenters. The maximum absolute atomic E-state index is 10.2. The van der Waals surface area contributed by atoms with Crippen LogP contribution in [0, 0.1) is 0 Å². The van der Waals surface area contributed by atoms with Crippen LogP contribution < -0.4 is 10.1 Å². The average molecular weight is 449 g/mol. The fraction of sp³-hybridized carbons (Fsp3) is 0.444. The third-order valence-corrected chi connectivity index (χ3v) is 6.21. The van der Waals surface area contributed by atoms with E-state index in [0.29, 0.717) is 18.4 Å². The number of ether oxygens (including phenoxy) is 1. The molecule has 6 heteroatoms. The summed E-state index contributed by atoms with van der Waals surface area (Å²) in [4.78, 5) is 2.56. The highest BCUT2D eigenvalue weighted by Gasteiger charge is 2.20. The number of hydrogen-bond donors (Lipinski definition) is 2. The summed E-state index contributed by atoms with van der Waals surface area (Å²) in [6, 6.07) is 16.2. The number of rotatable bonds is 10. The van der Waals surface area contributed by atoms with E-state index in [4.69, 9.17) is 9.84 Å². The molecule has 0 amide bonds. The van der Waals surface area contributed by atoms with Gasteiger partial charge in [-0.15, -0.1) is 0 Å². The van der Waals surface area contributed by atoms with Gasteiger partial charge in [-0.1, -0.05) is 32.0 Å². The lowest BCUT2D eigenvalue weighted by Gasteiger charge is -2.32. The van der Waals surface area contributed by atoms with Crippen LogP contribution in [0.3, 0.4) is 0 Å². The Morgan fingerprint density at radius 1 is 1.06 bits per heavy atom. The number of phenols is 1. The lowest BCUT2D eigenvalue weighted by molar-refractivity contribution is 0.197. The van der Waals surface area contributed by atoms with E-state index >= 15 is 0 Å². The molecule has 0 spiro atoms. The van der Waals surface area contributed by atoms with Crippen molar-refractivity contribution in [1.82, 2.24) is 20.0 Å². The SMILES string of the molecule is CCCOc1cc(-c2nn(-c3ccccc3)cc2CNC2CCN(CCC)CC2)ccc1O. The molecule has 3 aromatic rings. The number of nitrogens with zero attached hydrogens (tertiary/aromatic N) is 3. The van der Waals surface area contributed by atoms with E-state index in [-0.39, 0.29) is 5.75 Å². The second-order valence-electron chi connectivity index (χ2n) is 8.81. The third kappa shape index (κ3) is 5.95. The van der Waals surface area contributed by atoms with Gasteiger partial charge in [-0.25, -0.2) is 4.68 Å². The summed E-state index contributed by atoms with van der Waals surface area (Å²) in [5.41, 5.74) is 4.03. The molecular weight excluding hydrogens is 412 g/mol. The molecule has 0 aliphatic carbocycles. The molecule has 33 heavy (non-hydrogen) atoms. The third-order valence-electron chi connectivity index (χ3n) is 6.21. The van der Waals surface area contributed by atoms with Gasteiger partial charge in [0.15, 0.2) is 11.5 Å². The summed E-state index contributed by atoms with van der Waals surface area (Å²) in [6.45, 7) is 9.16. The summed E-state index contributed by atoms with van der Waals surface area (Å²) < 4.78 is 7.70. The normalized spacial score (nSPS) is 15.1. The number of para-hydroxylation sites is 1. The van der Waals surface area contributed by atoms with Gasteiger partial charge in [0.2, 0.25) is 0 Å². The molecule has 0 bridgehead atoms. The summed E-state index contributed by atoms with van der Waals surface area (Å²) in [5.74, 6) is 0.666. The van der Waals surface area contributed by atoms with Crippen molar-refractivity contribution in [2.45, 2.75) is 52.1 Å². The number of benzene rings is 2. The number of nitrogens with one attached hydrogen (secondary N) is 1. The van der Waals surface area contributed by atoms with Gasteiger partial charge >= 0.3 is 0 Å². The van der Waals surface area contributed by atoms with Crippen molar-refractivity contribution in [3.8, 4) is 28.4 Å². The average Bonchev–Trinajstić information content (AvgIpc) is 3.28. The first kappa shape index (κ1) is 23.3. The molecule has 176 valence electrons. The first-order valence-corrected chi connectivity index (χ1v) is 12.2. The Bertz CT molecular complexity index is 1010. The molecule has 1 aliphatic heterocycles. The molecule has 2 aromatic carbocycles. The lowest BCUT2D eigenvalue weighted by atomic mass is 10.0. The zero-order valence-electron chi connectivity index (χ0n) is 19.8. The first-order chi connectivity index (χ1) is 16.2. The summed E-state index contributed by atoms with van der Waals surface area (Å²) >= 11 is 0. The van der Waals surface area contributed by atoms with E-state index in [2.05, 4.69) is 42.4 Å². The Labute approximate surface area is 197 Å². The molecule has 6 nitrogen and oxygen atoms in total. The van der Waals surface area contributed by atoms with Crippen LogP contribution in [0.15, 0.2) is 54.7 Å². The van der Waals surface area contributed by atoms with E-state index < -0.39 is 0 Å². The molecule has 1 fully saturated rings. The van der Waals surface area contributed by atoms with Gasteiger partial charge in [0.25, 0.3) is 0 Å². The van der Waals surface area contributed by atoms with Crippen molar-refractivity contribution in [2.24, 2.45) is 0 Å². The fourth-order valence-electron chi connectivity index (χ4n) is 4.42. The molecule has 1 aliphatic rings. The van der Waals surface area contributed by atoms with Gasteiger partial charge < -0.3 is 20.1 Å². The van der Waals surface area contributed by atoms with Crippen molar-refractivity contribution >= 4 is 0 Å². The number of aromatic hydroxyl groups is 1. The summed E-state index contributed by atoms with van der Waals surface area (Å²) in [5, 5.41) is 18.9. The number of phenolic OH excluding ortho intramolecular Hbond substituents is 1. The largest absolute Gasteiger partial charge is 0.504 e. The summed E-state index contributed by atoms with van der Waals surface area (Å²) in [7, 11) is 0. The predicted molar refractivity (Wildman–Crippen MR) is 133 cm³/mol. The first-order valence-electron chi connectivity index (χ1n) is 12.2. The van der Waals surface area contributed by atoms with Gasteiger partial charge in [0.05, 0.1) is 18.0 Å². The minimum Gasteiger partial charge on any atom is -0.504 e.